The number of guanidine groups is 1. The number of ether oxygens (including phenoxy) is 1. The average Bonchev–Trinajstić information content (AvgIpc) is 3.27. The molecule has 0 saturated carbocycles. The van der Waals surface area contributed by atoms with Crippen LogP contribution >= 0.6 is 0 Å². The Bertz CT molecular complexity index is 924. The van der Waals surface area contributed by atoms with Gasteiger partial charge in [-0.05, 0) is 49.2 Å². The number of nitrogens with one attached hydrogen (secondary N) is 2. The van der Waals surface area contributed by atoms with E-state index in [0.717, 1.165) is 24.4 Å². The maximum Gasteiger partial charge on any atom is 0.252 e. The molecule has 2 amide bonds. The quantitative estimate of drug-likeness (QED) is 0.837. The van der Waals surface area contributed by atoms with Crippen molar-refractivity contribution in [2.75, 3.05) is 23.4 Å². The molecule has 2 N–H and O–H groups in total. The molecule has 0 spiro atoms. The number of hydrogen-bond acceptors (Lipinski definition) is 5. The summed E-state index contributed by atoms with van der Waals surface area (Å²) in [5.74, 6) is 0.766. The maximum absolute atomic E-state index is 12.3. The minimum Gasteiger partial charge on any atom is -0.494 e. The van der Waals surface area contributed by atoms with E-state index in [1.807, 2.05) is 30.0 Å². The highest BCUT2D eigenvalue weighted by Gasteiger charge is 2.33. The molecule has 2 aliphatic heterocycles. The van der Waals surface area contributed by atoms with Gasteiger partial charge in [0.1, 0.15) is 11.8 Å². The number of amides is 2. The molecule has 0 aliphatic carbocycles. The van der Waals surface area contributed by atoms with Crippen LogP contribution in [-0.4, -0.2) is 37.0 Å². The smallest absolute Gasteiger partial charge is 0.252 e. The molecule has 2 aromatic rings. The predicted octanol–water partition coefficient (Wildman–Crippen LogP) is 2.33. The molecule has 2 aromatic carbocycles. The summed E-state index contributed by atoms with van der Waals surface area (Å²) in [4.78, 5) is 31.1. The molecule has 7 nitrogen and oxygen atoms in total. The van der Waals surface area contributed by atoms with Crippen LogP contribution in [0.15, 0.2) is 53.5 Å². The van der Waals surface area contributed by atoms with Crippen LogP contribution in [0.25, 0.3) is 0 Å². The van der Waals surface area contributed by atoms with Crippen molar-refractivity contribution in [3.8, 4) is 5.75 Å². The van der Waals surface area contributed by atoms with Crippen molar-refractivity contribution < 1.29 is 14.3 Å². The van der Waals surface area contributed by atoms with E-state index in [1.54, 1.807) is 24.3 Å². The van der Waals surface area contributed by atoms with E-state index in [0.29, 0.717) is 18.3 Å². The third-order valence-electron chi connectivity index (χ3n) is 4.79. The highest BCUT2D eigenvalue weighted by Crippen LogP contribution is 2.28. The number of fused-ring (bicyclic) bond motifs is 1. The van der Waals surface area contributed by atoms with Gasteiger partial charge in [-0.2, -0.15) is 0 Å². The van der Waals surface area contributed by atoms with Crippen LogP contribution < -0.4 is 20.3 Å². The number of carbonyl (C=O) groups is 2. The lowest BCUT2D eigenvalue weighted by atomic mass is 10.2. The van der Waals surface area contributed by atoms with Gasteiger partial charge in [0.25, 0.3) is 5.91 Å². The zero-order valence-electron chi connectivity index (χ0n) is 15.6. The van der Waals surface area contributed by atoms with Gasteiger partial charge in [-0.15, -0.1) is 0 Å². The van der Waals surface area contributed by atoms with Gasteiger partial charge in [0.2, 0.25) is 11.9 Å². The van der Waals surface area contributed by atoms with Crippen LogP contribution in [-0.2, 0) is 16.0 Å². The molecule has 4 rings (SSSR count). The minimum absolute atomic E-state index is 0.00195. The number of para-hydroxylation sites is 1. The summed E-state index contributed by atoms with van der Waals surface area (Å²) in [6.07, 6.45) is 0.909. The first-order chi connectivity index (χ1) is 13.6. The van der Waals surface area contributed by atoms with Gasteiger partial charge in [-0.3, -0.25) is 14.9 Å². The number of carbonyl (C=O) groups excluding carboxylic acids is 2. The fraction of sp³-hybridized carbons (Fsp3) is 0.286. The van der Waals surface area contributed by atoms with Crippen molar-refractivity contribution in [3.05, 3.63) is 54.1 Å². The Balaban J connectivity index is 1.39. The number of hydrogen-bond donors (Lipinski definition) is 2. The summed E-state index contributed by atoms with van der Waals surface area (Å²) in [6.45, 7) is 3.27. The Morgan fingerprint density at radius 3 is 2.82 bits per heavy atom. The summed E-state index contributed by atoms with van der Waals surface area (Å²) in [5, 5.41) is 5.62. The van der Waals surface area contributed by atoms with Gasteiger partial charge in [-0.25, -0.2) is 4.99 Å². The Kier molecular flexibility index (Phi) is 4.97. The lowest BCUT2D eigenvalue weighted by Gasteiger charge is -2.18. The second-order valence-corrected chi connectivity index (χ2v) is 6.70. The summed E-state index contributed by atoms with van der Waals surface area (Å²) in [7, 11) is 0. The van der Waals surface area contributed by atoms with Crippen molar-refractivity contribution in [2.45, 2.75) is 25.8 Å². The molecule has 0 saturated heterocycles. The van der Waals surface area contributed by atoms with E-state index < -0.39 is 6.04 Å². The zero-order chi connectivity index (χ0) is 19.5. The highest BCUT2D eigenvalue weighted by molar-refractivity contribution is 6.13. The molecule has 144 valence electrons. The average molecular weight is 378 g/mol. The van der Waals surface area contributed by atoms with E-state index in [-0.39, 0.29) is 18.2 Å². The number of anilines is 2. The van der Waals surface area contributed by atoms with Gasteiger partial charge >= 0.3 is 0 Å². The number of nitrogens with zero attached hydrogens (tertiary/aromatic N) is 2. The Morgan fingerprint density at radius 1 is 1.25 bits per heavy atom. The van der Waals surface area contributed by atoms with Crippen molar-refractivity contribution in [2.24, 2.45) is 4.99 Å². The molecule has 7 heteroatoms. The van der Waals surface area contributed by atoms with Gasteiger partial charge in [-0.1, -0.05) is 18.2 Å². The molecule has 0 unspecified atom stereocenters. The first kappa shape index (κ1) is 18.0. The normalized spacial score (nSPS) is 17.8. The molecule has 1 atom stereocenters. The lowest BCUT2D eigenvalue weighted by Crippen LogP contribution is -2.40. The lowest BCUT2D eigenvalue weighted by molar-refractivity contribution is -0.123. The predicted molar refractivity (Wildman–Crippen MR) is 108 cm³/mol. The van der Waals surface area contributed by atoms with Crippen LogP contribution in [0.4, 0.5) is 11.4 Å². The van der Waals surface area contributed by atoms with Crippen LogP contribution in [0.2, 0.25) is 0 Å². The molecule has 0 aromatic heterocycles. The van der Waals surface area contributed by atoms with E-state index >= 15 is 0 Å². The number of rotatable bonds is 5. The monoisotopic (exact) mass is 378 g/mol. The maximum atomic E-state index is 12.3. The molecule has 0 radical (unpaired) electrons. The summed E-state index contributed by atoms with van der Waals surface area (Å²) < 4.78 is 5.38. The largest absolute Gasteiger partial charge is 0.494 e. The third kappa shape index (κ3) is 3.69. The molecule has 0 bridgehead atoms. The third-order valence-corrected chi connectivity index (χ3v) is 4.79. The Morgan fingerprint density at radius 2 is 2.04 bits per heavy atom. The Hall–Kier alpha value is -3.35. The van der Waals surface area contributed by atoms with Crippen molar-refractivity contribution in [1.82, 2.24) is 5.32 Å². The number of aliphatic imine (C=N–C) groups is 1. The minimum atomic E-state index is -0.717. The topological polar surface area (TPSA) is 83.0 Å². The second kappa shape index (κ2) is 7.72. The zero-order valence-corrected chi connectivity index (χ0v) is 15.6. The van der Waals surface area contributed by atoms with Crippen LogP contribution in [0, 0.1) is 0 Å². The van der Waals surface area contributed by atoms with Crippen LogP contribution in [0.5, 0.6) is 5.75 Å². The molecule has 2 aliphatic rings. The first-order valence-corrected chi connectivity index (χ1v) is 9.41. The first-order valence-electron chi connectivity index (χ1n) is 9.41. The fourth-order valence-electron chi connectivity index (χ4n) is 3.45. The Labute approximate surface area is 163 Å². The summed E-state index contributed by atoms with van der Waals surface area (Å²) in [6, 6.07) is 14.5. The van der Waals surface area contributed by atoms with E-state index in [1.165, 1.54) is 5.56 Å². The van der Waals surface area contributed by atoms with Crippen LogP contribution in [0.1, 0.15) is 18.9 Å². The molecular weight excluding hydrogens is 356 g/mol. The van der Waals surface area contributed by atoms with E-state index in [4.69, 9.17) is 4.74 Å². The standard InChI is InChI=1S/C21H22N4O3/c1-2-28-16-9-7-15(8-10-16)22-19(26)13-17-20(27)24-21(23-17)25-12-11-14-5-3-4-6-18(14)25/h3-10,17H,2,11-13H2,1H3,(H,22,26)(H,23,24,27)/t17-/m1/s1. The van der Waals surface area contributed by atoms with Gasteiger partial charge in [0, 0.05) is 17.9 Å². The van der Waals surface area contributed by atoms with E-state index in [9.17, 15) is 9.59 Å². The SMILES string of the molecule is CCOc1ccc(NC(=O)C[C@H]2N=C(N3CCc4ccccc43)NC2=O)cc1. The molecule has 0 fully saturated rings. The second-order valence-electron chi connectivity index (χ2n) is 6.70. The van der Waals surface area contributed by atoms with E-state index in [2.05, 4.69) is 21.7 Å². The van der Waals surface area contributed by atoms with Crippen molar-refractivity contribution in [1.29, 1.82) is 0 Å². The number of benzene rings is 2. The summed E-state index contributed by atoms with van der Waals surface area (Å²) in [5.41, 5.74) is 2.95. The van der Waals surface area contributed by atoms with Crippen molar-refractivity contribution in [3.63, 3.8) is 0 Å². The highest BCUT2D eigenvalue weighted by atomic mass is 16.5. The van der Waals surface area contributed by atoms with Gasteiger partial charge in [0.15, 0.2) is 0 Å². The molecule has 2 heterocycles. The van der Waals surface area contributed by atoms with Crippen LogP contribution in [0.3, 0.4) is 0 Å². The van der Waals surface area contributed by atoms with Crippen molar-refractivity contribution >= 4 is 29.1 Å². The van der Waals surface area contributed by atoms with Gasteiger partial charge < -0.3 is 15.0 Å². The van der Waals surface area contributed by atoms with Gasteiger partial charge in [0.05, 0.1) is 13.0 Å². The molecular formula is C21H22N4O3. The molecule has 28 heavy (non-hydrogen) atoms. The fourth-order valence-corrected chi connectivity index (χ4v) is 3.45. The summed E-state index contributed by atoms with van der Waals surface area (Å²) >= 11 is 0.